The van der Waals surface area contributed by atoms with Crippen LogP contribution >= 0.6 is 11.6 Å². The lowest BCUT2D eigenvalue weighted by molar-refractivity contribution is -0.121. The van der Waals surface area contributed by atoms with E-state index in [0.29, 0.717) is 16.9 Å². The molecule has 0 radical (unpaired) electrons. The van der Waals surface area contributed by atoms with Gasteiger partial charge in [0.1, 0.15) is 22.3 Å². The second-order valence-corrected chi connectivity index (χ2v) is 5.59. The van der Waals surface area contributed by atoms with Crippen LogP contribution in [0.15, 0.2) is 0 Å². The Labute approximate surface area is 111 Å². The van der Waals surface area contributed by atoms with Crippen LogP contribution in [0.5, 0.6) is 0 Å². The van der Waals surface area contributed by atoms with Crippen molar-refractivity contribution in [3.8, 4) is 0 Å². The van der Waals surface area contributed by atoms with Gasteiger partial charge >= 0.3 is 0 Å². The van der Waals surface area contributed by atoms with E-state index in [0.717, 1.165) is 24.2 Å². The summed E-state index contributed by atoms with van der Waals surface area (Å²) in [5, 5.41) is 3.47. The SMILES string of the molecule is Cc1c(Cl)nc(C2CC2)nc1NC(C)(C)C(N)=O. The summed E-state index contributed by atoms with van der Waals surface area (Å²) < 4.78 is 0. The number of nitrogens with zero attached hydrogens (tertiary/aromatic N) is 2. The molecule has 1 aromatic heterocycles. The number of hydrogen-bond donors (Lipinski definition) is 2. The lowest BCUT2D eigenvalue weighted by Gasteiger charge is -2.24. The Bertz CT molecular complexity index is 497. The molecule has 3 N–H and O–H groups in total. The third-order valence-electron chi connectivity index (χ3n) is 3.09. The van der Waals surface area contributed by atoms with Crippen molar-refractivity contribution in [2.24, 2.45) is 5.73 Å². The molecule has 0 unspecified atom stereocenters. The number of anilines is 1. The van der Waals surface area contributed by atoms with Gasteiger partial charge in [-0.3, -0.25) is 4.79 Å². The van der Waals surface area contributed by atoms with Crippen molar-refractivity contribution in [1.29, 1.82) is 0 Å². The molecule has 0 atom stereocenters. The Hall–Kier alpha value is -1.36. The Morgan fingerprint density at radius 3 is 2.56 bits per heavy atom. The molecule has 5 nitrogen and oxygen atoms in total. The summed E-state index contributed by atoms with van der Waals surface area (Å²) in [7, 11) is 0. The minimum atomic E-state index is -0.872. The van der Waals surface area contributed by atoms with Crippen LogP contribution in [-0.4, -0.2) is 21.4 Å². The first-order valence-electron chi connectivity index (χ1n) is 5.93. The number of carbonyl (C=O) groups is 1. The summed E-state index contributed by atoms with van der Waals surface area (Å²) in [5.41, 5.74) is 5.20. The molecule has 0 bridgehead atoms. The maximum Gasteiger partial charge on any atom is 0.242 e. The van der Waals surface area contributed by atoms with Crippen LogP contribution in [0.4, 0.5) is 5.82 Å². The van der Waals surface area contributed by atoms with Crippen LogP contribution in [0.1, 0.15) is 44.0 Å². The van der Waals surface area contributed by atoms with Gasteiger partial charge in [0, 0.05) is 11.5 Å². The van der Waals surface area contributed by atoms with Crippen LogP contribution in [0, 0.1) is 6.92 Å². The highest BCUT2D eigenvalue weighted by molar-refractivity contribution is 6.30. The largest absolute Gasteiger partial charge is 0.368 e. The van der Waals surface area contributed by atoms with Gasteiger partial charge in [-0.25, -0.2) is 9.97 Å². The monoisotopic (exact) mass is 268 g/mol. The lowest BCUT2D eigenvalue weighted by atomic mass is 10.1. The zero-order chi connectivity index (χ0) is 13.5. The van der Waals surface area contributed by atoms with E-state index in [1.807, 2.05) is 6.92 Å². The Morgan fingerprint density at radius 2 is 2.06 bits per heavy atom. The maximum atomic E-state index is 11.3. The minimum Gasteiger partial charge on any atom is -0.368 e. The zero-order valence-corrected chi connectivity index (χ0v) is 11.5. The molecule has 1 amide bonds. The summed E-state index contributed by atoms with van der Waals surface area (Å²) in [6.45, 7) is 5.24. The lowest BCUT2D eigenvalue weighted by Crippen LogP contribution is -2.45. The molecular weight excluding hydrogens is 252 g/mol. The Balaban J connectivity index is 2.34. The van der Waals surface area contributed by atoms with Gasteiger partial charge in [-0.15, -0.1) is 0 Å². The van der Waals surface area contributed by atoms with Gasteiger partial charge in [-0.1, -0.05) is 11.6 Å². The quantitative estimate of drug-likeness (QED) is 0.819. The molecule has 98 valence electrons. The molecule has 6 heteroatoms. The van der Waals surface area contributed by atoms with Gasteiger partial charge in [0.25, 0.3) is 0 Å². The molecular formula is C12H17ClN4O. The molecule has 1 aliphatic rings. The van der Waals surface area contributed by atoms with Crippen molar-refractivity contribution < 1.29 is 4.79 Å². The van der Waals surface area contributed by atoms with E-state index >= 15 is 0 Å². The van der Waals surface area contributed by atoms with Gasteiger partial charge in [0.15, 0.2) is 0 Å². The third-order valence-corrected chi connectivity index (χ3v) is 3.46. The number of aromatic nitrogens is 2. The first-order chi connectivity index (χ1) is 8.31. The van der Waals surface area contributed by atoms with Crippen LogP contribution < -0.4 is 11.1 Å². The molecule has 18 heavy (non-hydrogen) atoms. The first kappa shape index (κ1) is 13.1. The van der Waals surface area contributed by atoms with Gasteiger partial charge < -0.3 is 11.1 Å². The molecule has 2 rings (SSSR count). The van der Waals surface area contributed by atoms with E-state index in [9.17, 15) is 4.79 Å². The molecule has 1 saturated carbocycles. The second kappa shape index (κ2) is 4.39. The molecule has 1 aliphatic carbocycles. The van der Waals surface area contributed by atoms with Gasteiger partial charge in [0.2, 0.25) is 5.91 Å². The summed E-state index contributed by atoms with van der Waals surface area (Å²) in [4.78, 5) is 20.1. The van der Waals surface area contributed by atoms with Crippen molar-refractivity contribution >= 4 is 23.3 Å². The molecule has 0 saturated heterocycles. The molecule has 0 spiro atoms. The number of amides is 1. The number of nitrogens with one attached hydrogen (secondary N) is 1. The highest BCUT2D eigenvalue weighted by Gasteiger charge is 2.30. The summed E-state index contributed by atoms with van der Waals surface area (Å²) in [6, 6.07) is 0. The third kappa shape index (κ3) is 2.56. The summed E-state index contributed by atoms with van der Waals surface area (Å²) >= 11 is 6.09. The predicted molar refractivity (Wildman–Crippen MR) is 70.7 cm³/mol. The number of primary amides is 1. The van der Waals surface area contributed by atoms with E-state index in [-0.39, 0.29) is 0 Å². The summed E-state index contributed by atoms with van der Waals surface area (Å²) in [5.74, 6) is 1.29. The van der Waals surface area contributed by atoms with Crippen LogP contribution in [-0.2, 0) is 4.79 Å². The molecule has 1 heterocycles. The highest BCUT2D eigenvalue weighted by atomic mass is 35.5. The van der Waals surface area contributed by atoms with Gasteiger partial charge in [-0.05, 0) is 33.6 Å². The van der Waals surface area contributed by atoms with Crippen LogP contribution in [0.2, 0.25) is 5.15 Å². The van der Waals surface area contributed by atoms with E-state index in [4.69, 9.17) is 17.3 Å². The summed E-state index contributed by atoms with van der Waals surface area (Å²) in [6.07, 6.45) is 2.19. The van der Waals surface area contributed by atoms with Crippen LogP contribution in [0.25, 0.3) is 0 Å². The predicted octanol–water partition coefficient (Wildman–Crippen LogP) is 1.99. The molecule has 1 fully saturated rings. The van der Waals surface area contributed by atoms with E-state index in [1.165, 1.54) is 0 Å². The number of hydrogen-bond acceptors (Lipinski definition) is 4. The fraction of sp³-hybridized carbons (Fsp3) is 0.583. The van der Waals surface area contributed by atoms with E-state index in [2.05, 4.69) is 15.3 Å². The average molecular weight is 269 g/mol. The number of rotatable bonds is 4. The second-order valence-electron chi connectivity index (χ2n) is 5.23. The van der Waals surface area contributed by atoms with Crippen molar-refractivity contribution in [1.82, 2.24) is 9.97 Å². The molecule has 1 aromatic rings. The van der Waals surface area contributed by atoms with Crippen molar-refractivity contribution in [3.05, 3.63) is 16.5 Å². The van der Waals surface area contributed by atoms with E-state index < -0.39 is 11.4 Å². The van der Waals surface area contributed by atoms with Crippen molar-refractivity contribution in [3.63, 3.8) is 0 Å². The van der Waals surface area contributed by atoms with Crippen molar-refractivity contribution in [2.45, 2.75) is 45.1 Å². The number of nitrogens with two attached hydrogens (primary N) is 1. The number of carbonyl (C=O) groups excluding carboxylic acids is 1. The highest BCUT2D eigenvalue weighted by Crippen LogP contribution is 2.39. The van der Waals surface area contributed by atoms with Crippen molar-refractivity contribution in [2.75, 3.05) is 5.32 Å². The first-order valence-corrected chi connectivity index (χ1v) is 6.31. The minimum absolute atomic E-state index is 0.403. The Morgan fingerprint density at radius 1 is 1.44 bits per heavy atom. The number of halogens is 1. The fourth-order valence-electron chi connectivity index (χ4n) is 1.51. The van der Waals surface area contributed by atoms with Gasteiger partial charge in [-0.2, -0.15) is 0 Å². The Kier molecular flexibility index (Phi) is 3.19. The normalized spacial score (nSPS) is 15.6. The topological polar surface area (TPSA) is 80.9 Å². The zero-order valence-electron chi connectivity index (χ0n) is 10.7. The molecule has 0 aromatic carbocycles. The fourth-order valence-corrected chi connectivity index (χ4v) is 1.69. The average Bonchev–Trinajstić information content (AvgIpc) is 3.07. The maximum absolute atomic E-state index is 11.3. The van der Waals surface area contributed by atoms with Crippen LogP contribution in [0.3, 0.4) is 0 Å². The van der Waals surface area contributed by atoms with Gasteiger partial charge in [0.05, 0.1) is 0 Å². The standard InChI is InChI=1S/C12H17ClN4O/c1-6-8(13)15-10(7-4-5-7)16-9(6)17-12(2,3)11(14)18/h7H,4-5H2,1-3H3,(H2,14,18)(H,15,16,17). The smallest absolute Gasteiger partial charge is 0.242 e. The molecule has 0 aliphatic heterocycles. The van der Waals surface area contributed by atoms with E-state index in [1.54, 1.807) is 13.8 Å².